The minimum atomic E-state index is -0.670. The first-order valence-corrected chi connectivity index (χ1v) is 8.92. The molecule has 0 unspecified atom stereocenters. The van der Waals surface area contributed by atoms with E-state index < -0.39 is 18.5 Å². The monoisotopic (exact) mass is 406 g/mol. The van der Waals surface area contributed by atoms with Gasteiger partial charge in [0.15, 0.2) is 12.4 Å². The number of anilines is 1. The predicted molar refractivity (Wildman–Crippen MR) is 108 cm³/mol. The Kier molecular flexibility index (Phi) is 6.46. The summed E-state index contributed by atoms with van der Waals surface area (Å²) in [5, 5.41) is 11.8. The average Bonchev–Trinajstić information content (AvgIpc) is 2.75. The fourth-order valence-electron chi connectivity index (χ4n) is 2.39. The van der Waals surface area contributed by atoms with E-state index in [4.69, 9.17) is 26.3 Å². The van der Waals surface area contributed by atoms with Gasteiger partial charge in [-0.2, -0.15) is 5.26 Å². The van der Waals surface area contributed by atoms with Crippen LogP contribution >= 0.6 is 11.6 Å². The van der Waals surface area contributed by atoms with Crippen molar-refractivity contribution in [2.45, 2.75) is 0 Å². The van der Waals surface area contributed by atoms with Gasteiger partial charge in [0.2, 0.25) is 0 Å². The summed E-state index contributed by atoms with van der Waals surface area (Å²) in [5.41, 5.74) is 1.01. The number of nitrogens with one attached hydrogen (secondary N) is 1. The van der Waals surface area contributed by atoms with Gasteiger partial charge in [-0.3, -0.25) is 4.79 Å². The summed E-state index contributed by atoms with van der Waals surface area (Å²) < 4.78 is 10.8. The number of carbonyl (C=O) groups excluding carboxylic acids is 2. The normalized spacial score (nSPS) is 9.93. The van der Waals surface area contributed by atoms with Crippen molar-refractivity contribution >= 4 is 29.2 Å². The summed E-state index contributed by atoms with van der Waals surface area (Å²) in [4.78, 5) is 24.3. The summed E-state index contributed by atoms with van der Waals surface area (Å²) in [5.74, 6) is -0.228. The van der Waals surface area contributed by atoms with Crippen LogP contribution in [0.3, 0.4) is 0 Å². The zero-order valence-corrected chi connectivity index (χ0v) is 15.8. The molecule has 0 saturated heterocycles. The van der Waals surface area contributed by atoms with E-state index in [0.717, 1.165) is 0 Å². The van der Waals surface area contributed by atoms with Gasteiger partial charge in [0.1, 0.15) is 5.75 Å². The lowest BCUT2D eigenvalue weighted by molar-refractivity contribution is -0.119. The van der Waals surface area contributed by atoms with Crippen LogP contribution in [0.25, 0.3) is 0 Å². The Morgan fingerprint density at radius 1 is 1.00 bits per heavy atom. The van der Waals surface area contributed by atoms with Gasteiger partial charge in [0, 0.05) is 5.02 Å². The highest BCUT2D eigenvalue weighted by Gasteiger charge is 2.13. The van der Waals surface area contributed by atoms with Crippen molar-refractivity contribution in [2.75, 3.05) is 11.9 Å². The smallest absolute Gasteiger partial charge is 0.338 e. The molecule has 0 bridgehead atoms. The van der Waals surface area contributed by atoms with Crippen LogP contribution in [-0.4, -0.2) is 18.5 Å². The maximum Gasteiger partial charge on any atom is 0.338 e. The fraction of sp³-hybridized carbons (Fsp3) is 0.0455. The molecule has 3 rings (SSSR count). The van der Waals surface area contributed by atoms with Crippen molar-refractivity contribution in [2.24, 2.45) is 0 Å². The fourth-order valence-corrected chi connectivity index (χ4v) is 2.56. The number of ether oxygens (including phenoxy) is 2. The first kappa shape index (κ1) is 19.9. The number of hydrogen-bond acceptors (Lipinski definition) is 5. The largest absolute Gasteiger partial charge is 0.455 e. The van der Waals surface area contributed by atoms with E-state index in [0.29, 0.717) is 27.8 Å². The molecule has 0 fully saturated rings. The highest BCUT2D eigenvalue weighted by Crippen LogP contribution is 2.32. The second-order valence-corrected chi connectivity index (χ2v) is 6.31. The lowest BCUT2D eigenvalue weighted by atomic mass is 10.1. The van der Waals surface area contributed by atoms with Gasteiger partial charge in [-0.1, -0.05) is 29.8 Å². The molecule has 3 aromatic carbocycles. The number of hydrogen-bond donors (Lipinski definition) is 1. The van der Waals surface area contributed by atoms with Crippen molar-refractivity contribution < 1.29 is 19.1 Å². The van der Waals surface area contributed by atoms with Crippen LogP contribution in [0, 0.1) is 11.3 Å². The van der Waals surface area contributed by atoms with E-state index >= 15 is 0 Å². The van der Waals surface area contributed by atoms with E-state index in [1.54, 1.807) is 30.3 Å². The molecule has 1 amide bonds. The van der Waals surface area contributed by atoms with E-state index in [-0.39, 0.29) is 5.56 Å². The minimum Gasteiger partial charge on any atom is -0.455 e. The molecule has 0 aliphatic rings. The molecule has 29 heavy (non-hydrogen) atoms. The molecule has 0 atom stereocenters. The van der Waals surface area contributed by atoms with Crippen LogP contribution in [0.15, 0.2) is 72.8 Å². The van der Waals surface area contributed by atoms with Gasteiger partial charge in [-0.05, 0) is 54.6 Å². The minimum absolute atomic E-state index is 0.243. The molecule has 0 aliphatic carbocycles. The van der Waals surface area contributed by atoms with Gasteiger partial charge in [0.05, 0.1) is 22.9 Å². The van der Waals surface area contributed by atoms with E-state index in [1.807, 2.05) is 24.3 Å². The number of nitrogens with zero attached hydrogens (tertiary/aromatic N) is 1. The number of carbonyl (C=O) groups is 2. The highest BCUT2D eigenvalue weighted by atomic mass is 35.5. The second-order valence-electron chi connectivity index (χ2n) is 5.87. The molecule has 0 spiro atoms. The lowest BCUT2D eigenvalue weighted by Crippen LogP contribution is -2.21. The zero-order valence-electron chi connectivity index (χ0n) is 15.1. The number of esters is 1. The van der Waals surface area contributed by atoms with Gasteiger partial charge in [-0.15, -0.1) is 0 Å². The molecule has 144 valence electrons. The van der Waals surface area contributed by atoms with Crippen LogP contribution in [0.5, 0.6) is 11.5 Å². The van der Waals surface area contributed by atoms with E-state index in [9.17, 15) is 9.59 Å². The number of amides is 1. The topological polar surface area (TPSA) is 88.4 Å². The Hall–Kier alpha value is -3.82. The van der Waals surface area contributed by atoms with Crippen LogP contribution < -0.4 is 10.1 Å². The third kappa shape index (κ3) is 5.58. The Morgan fingerprint density at radius 2 is 1.72 bits per heavy atom. The zero-order chi connectivity index (χ0) is 20.6. The first-order chi connectivity index (χ1) is 14.0. The van der Waals surface area contributed by atoms with Crippen molar-refractivity contribution in [3.8, 4) is 17.6 Å². The molecule has 1 N–H and O–H groups in total. The average molecular weight is 407 g/mol. The lowest BCUT2D eigenvalue weighted by Gasteiger charge is -2.13. The van der Waals surface area contributed by atoms with Gasteiger partial charge in [0.25, 0.3) is 5.91 Å². The van der Waals surface area contributed by atoms with Crippen molar-refractivity contribution in [1.29, 1.82) is 5.26 Å². The standard InChI is InChI=1S/C22H15ClN2O4/c23-17-10-11-20(29-18-4-2-1-3-5-18)19(12-17)25-21(26)14-28-22(27)16-8-6-15(13-24)7-9-16/h1-12H,14H2,(H,25,26). The Bertz CT molecular complexity index is 1060. The molecule has 6 nitrogen and oxygen atoms in total. The number of nitriles is 1. The Balaban J connectivity index is 1.63. The third-order valence-electron chi connectivity index (χ3n) is 3.77. The maximum atomic E-state index is 12.2. The number of halogens is 1. The predicted octanol–water partition coefficient (Wildman–Crippen LogP) is 4.80. The molecule has 0 heterocycles. The summed E-state index contributed by atoms with van der Waals surface area (Å²) in [7, 11) is 0. The molecule has 7 heteroatoms. The SMILES string of the molecule is N#Cc1ccc(C(=O)OCC(=O)Nc2cc(Cl)ccc2Oc2ccccc2)cc1. The van der Waals surface area contributed by atoms with Gasteiger partial charge >= 0.3 is 5.97 Å². The Labute approximate surface area is 172 Å². The van der Waals surface area contributed by atoms with Crippen LogP contribution in [0.4, 0.5) is 5.69 Å². The molecule has 0 aromatic heterocycles. The molecule has 0 radical (unpaired) electrons. The van der Waals surface area contributed by atoms with Crippen molar-refractivity contribution in [3.63, 3.8) is 0 Å². The summed E-state index contributed by atoms with van der Waals surface area (Å²) in [6, 6.07) is 21.8. The van der Waals surface area contributed by atoms with Gasteiger partial charge in [-0.25, -0.2) is 4.79 Å². The van der Waals surface area contributed by atoms with Crippen LogP contribution in [-0.2, 0) is 9.53 Å². The summed E-state index contributed by atoms with van der Waals surface area (Å²) >= 11 is 6.02. The quantitative estimate of drug-likeness (QED) is 0.594. The van der Waals surface area contributed by atoms with Crippen molar-refractivity contribution in [1.82, 2.24) is 0 Å². The van der Waals surface area contributed by atoms with Crippen LogP contribution in [0.2, 0.25) is 5.02 Å². The van der Waals surface area contributed by atoms with Gasteiger partial charge < -0.3 is 14.8 Å². The number of benzene rings is 3. The van der Waals surface area contributed by atoms with Crippen molar-refractivity contribution in [3.05, 3.63) is 88.9 Å². The number of rotatable bonds is 6. The molecule has 0 saturated carbocycles. The van der Waals surface area contributed by atoms with E-state index in [2.05, 4.69) is 5.32 Å². The molecular formula is C22H15ClN2O4. The summed E-state index contributed by atoms with van der Waals surface area (Å²) in [6.45, 7) is -0.490. The first-order valence-electron chi connectivity index (χ1n) is 8.55. The molecule has 0 aliphatic heterocycles. The summed E-state index contributed by atoms with van der Waals surface area (Å²) in [6.07, 6.45) is 0. The van der Waals surface area contributed by atoms with Crippen LogP contribution in [0.1, 0.15) is 15.9 Å². The maximum absolute atomic E-state index is 12.2. The molecular weight excluding hydrogens is 392 g/mol. The Morgan fingerprint density at radius 3 is 2.41 bits per heavy atom. The third-order valence-corrected chi connectivity index (χ3v) is 4.01. The highest BCUT2D eigenvalue weighted by molar-refractivity contribution is 6.31. The molecule has 3 aromatic rings. The second kappa shape index (κ2) is 9.40. The van der Waals surface area contributed by atoms with E-state index in [1.165, 1.54) is 24.3 Å². The number of para-hydroxylation sites is 1.